The van der Waals surface area contributed by atoms with Gasteiger partial charge in [-0.1, -0.05) is 0 Å². The summed E-state index contributed by atoms with van der Waals surface area (Å²) in [6.45, 7) is 1.99. The summed E-state index contributed by atoms with van der Waals surface area (Å²) in [5.41, 5.74) is -0.591. The number of nitrogens with zero attached hydrogens (tertiary/aromatic N) is 2. The highest BCUT2D eigenvalue weighted by Gasteiger charge is 2.36. The maximum absolute atomic E-state index is 13.4. The highest BCUT2D eigenvalue weighted by atomic mass is 19.1. The number of hydrogen-bond donors (Lipinski definition) is 2. The fraction of sp³-hybridized carbons (Fsp3) is 0.400. The van der Waals surface area contributed by atoms with Crippen LogP contribution >= 0.6 is 0 Å². The predicted molar refractivity (Wildman–Crippen MR) is 85.2 cm³/mol. The maximum atomic E-state index is 13.4. The van der Waals surface area contributed by atoms with Crippen molar-refractivity contribution in [3.8, 4) is 0 Å². The Hall–Kier alpha value is -3.04. The van der Waals surface area contributed by atoms with E-state index >= 15 is 0 Å². The van der Waals surface area contributed by atoms with Crippen LogP contribution in [-0.4, -0.2) is 42.3 Å². The van der Waals surface area contributed by atoms with Crippen molar-refractivity contribution in [2.45, 2.75) is 13.3 Å². The van der Waals surface area contributed by atoms with E-state index in [1.165, 1.54) is 11.0 Å². The molecular weight excluding hydrogens is 335 g/mol. The molecule has 2 rings (SSSR count). The van der Waals surface area contributed by atoms with Crippen LogP contribution in [0.3, 0.4) is 0 Å². The Kier molecular flexibility index (Phi) is 5.63. The van der Waals surface area contributed by atoms with Crippen molar-refractivity contribution in [1.82, 2.24) is 10.6 Å². The molecule has 1 aliphatic rings. The molecule has 25 heavy (non-hydrogen) atoms. The molecule has 1 fully saturated rings. The van der Waals surface area contributed by atoms with Crippen LogP contribution in [0.4, 0.5) is 15.8 Å². The van der Waals surface area contributed by atoms with Crippen LogP contribution in [0.15, 0.2) is 18.2 Å². The zero-order valence-electron chi connectivity index (χ0n) is 13.5. The van der Waals surface area contributed by atoms with E-state index in [0.29, 0.717) is 6.54 Å². The number of rotatable bonds is 6. The van der Waals surface area contributed by atoms with E-state index in [4.69, 9.17) is 0 Å². The number of nitro benzene ring substituents is 1. The predicted octanol–water partition coefficient (Wildman–Crippen LogP) is 0.339. The van der Waals surface area contributed by atoms with Crippen molar-refractivity contribution >= 4 is 29.1 Å². The van der Waals surface area contributed by atoms with Crippen molar-refractivity contribution in [2.24, 2.45) is 5.92 Å². The van der Waals surface area contributed by atoms with E-state index in [0.717, 1.165) is 12.1 Å². The Balaban J connectivity index is 2.05. The number of nitrogens with one attached hydrogen (secondary N) is 2. The van der Waals surface area contributed by atoms with Crippen LogP contribution < -0.4 is 15.5 Å². The number of carbonyl (C=O) groups is 3. The zero-order chi connectivity index (χ0) is 18.6. The van der Waals surface area contributed by atoms with Crippen LogP contribution in [0.2, 0.25) is 0 Å². The summed E-state index contributed by atoms with van der Waals surface area (Å²) in [6, 6.07) is 3.11. The number of halogens is 1. The van der Waals surface area contributed by atoms with Gasteiger partial charge in [-0.3, -0.25) is 24.5 Å². The van der Waals surface area contributed by atoms with Gasteiger partial charge in [0.05, 0.1) is 23.1 Å². The zero-order valence-corrected chi connectivity index (χ0v) is 13.5. The molecule has 9 nitrogen and oxygen atoms in total. The Labute approximate surface area is 142 Å². The van der Waals surface area contributed by atoms with E-state index in [-0.39, 0.29) is 31.1 Å². The number of nitro groups is 1. The molecule has 0 saturated carbocycles. The minimum atomic E-state index is -1.00. The van der Waals surface area contributed by atoms with E-state index in [1.807, 2.05) is 0 Å². The van der Waals surface area contributed by atoms with Gasteiger partial charge in [0.1, 0.15) is 0 Å². The van der Waals surface area contributed by atoms with Crippen LogP contribution in [0.5, 0.6) is 0 Å². The van der Waals surface area contributed by atoms with Gasteiger partial charge in [-0.05, 0) is 19.1 Å². The molecule has 0 aliphatic carbocycles. The number of hydrogen-bond acceptors (Lipinski definition) is 5. The average Bonchev–Trinajstić information content (AvgIpc) is 2.95. The minimum Gasteiger partial charge on any atom is -0.355 e. The highest BCUT2D eigenvalue weighted by Crippen LogP contribution is 2.29. The number of amides is 3. The quantitative estimate of drug-likeness (QED) is 0.565. The number of anilines is 1. The first kappa shape index (κ1) is 18.3. The summed E-state index contributed by atoms with van der Waals surface area (Å²) in [4.78, 5) is 46.6. The molecule has 0 spiro atoms. The maximum Gasteiger partial charge on any atom is 0.306 e. The lowest BCUT2D eigenvalue weighted by Gasteiger charge is -2.16. The van der Waals surface area contributed by atoms with Gasteiger partial charge in [0.15, 0.2) is 0 Å². The monoisotopic (exact) mass is 352 g/mol. The van der Waals surface area contributed by atoms with Gasteiger partial charge in [0, 0.05) is 25.6 Å². The normalized spacial score (nSPS) is 16.6. The molecule has 1 heterocycles. The summed E-state index contributed by atoms with van der Waals surface area (Å²) >= 11 is 0. The van der Waals surface area contributed by atoms with E-state index in [1.54, 1.807) is 6.92 Å². The molecule has 0 radical (unpaired) electrons. The van der Waals surface area contributed by atoms with Crippen LogP contribution in [-0.2, 0) is 14.4 Å². The summed E-state index contributed by atoms with van der Waals surface area (Å²) < 4.78 is 13.4. The molecule has 0 bridgehead atoms. The van der Waals surface area contributed by atoms with E-state index in [9.17, 15) is 28.9 Å². The molecular formula is C15H17FN4O5. The van der Waals surface area contributed by atoms with Gasteiger partial charge < -0.3 is 15.5 Å². The molecule has 1 atom stereocenters. The largest absolute Gasteiger partial charge is 0.355 e. The van der Waals surface area contributed by atoms with Crippen molar-refractivity contribution in [3.63, 3.8) is 0 Å². The second kappa shape index (κ2) is 7.69. The first-order valence-electron chi connectivity index (χ1n) is 7.62. The Morgan fingerprint density at radius 2 is 2.12 bits per heavy atom. The van der Waals surface area contributed by atoms with Gasteiger partial charge in [-0.15, -0.1) is 0 Å². The lowest BCUT2D eigenvalue weighted by atomic mass is 10.1. The summed E-state index contributed by atoms with van der Waals surface area (Å²) in [5, 5.41) is 15.8. The molecule has 1 aliphatic heterocycles. The van der Waals surface area contributed by atoms with Gasteiger partial charge >= 0.3 is 5.69 Å². The second-order valence-electron chi connectivity index (χ2n) is 5.47. The van der Waals surface area contributed by atoms with Crippen molar-refractivity contribution in [3.05, 3.63) is 34.1 Å². The molecule has 10 heteroatoms. The first-order chi connectivity index (χ1) is 11.8. The third-order valence-corrected chi connectivity index (χ3v) is 3.73. The number of likely N-dealkylation sites (N-methyl/N-ethyl adjacent to an activating group) is 1. The fourth-order valence-electron chi connectivity index (χ4n) is 2.51. The van der Waals surface area contributed by atoms with Gasteiger partial charge in [0.2, 0.25) is 23.5 Å². The third kappa shape index (κ3) is 4.28. The number of carbonyl (C=O) groups excluding carboxylic acids is 3. The van der Waals surface area contributed by atoms with E-state index in [2.05, 4.69) is 10.6 Å². The molecule has 1 aromatic rings. The Morgan fingerprint density at radius 3 is 2.76 bits per heavy atom. The van der Waals surface area contributed by atoms with Crippen molar-refractivity contribution in [2.75, 3.05) is 24.5 Å². The Morgan fingerprint density at radius 1 is 1.40 bits per heavy atom. The molecule has 3 amide bonds. The summed E-state index contributed by atoms with van der Waals surface area (Å²) in [6.07, 6.45) is -0.0909. The SMILES string of the molecule is CCNC(=O)CNC(=O)[C@@H]1CC(=O)N(c2ccc(F)c([N+](=O)[O-])c2)C1. The molecule has 0 aromatic heterocycles. The topological polar surface area (TPSA) is 122 Å². The number of benzene rings is 1. The minimum absolute atomic E-state index is 0.00283. The van der Waals surface area contributed by atoms with Crippen LogP contribution in [0.25, 0.3) is 0 Å². The van der Waals surface area contributed by atoms with Crippen LogP contribution in [0.1, 0.15) is 13.3 Å². The molecule has 1 aromatic carbocycles. The second-order valence-corrected chi connectivity index (χ2v) is 5.47. The summed E-state index contributed by atoms with van der Waals surface area (Å²) in [5.74, 6) is -2.90. The summed E-state index contributed by atoms with van der Waals surface area (Å²) in [7, 11) is 0. The van der Waals surface area contributed by atoms with Gasteiger partial charge in [-0.25, -0.2) is 0 Å². The highest BCUT2D eigenvalue weighted by molar-refractivity contribution is 6.01. The molecule has 2 N–H and O–H groups in total. The van der Waals surface area contributed by atoms with E-state index < -0.39 is 34.2 Å². The van der Waals surface area contributed by atoms with Crippen molar-refractivity contribution in [1.29, 1.82) is 0 Å². The van der Waals surface area contributed by atoms with Crippen molar-refractivity contribution < 1.29 is 23.7 Å². The molecule has 0 unspecified atom stereocenters. The Bertz CT molecular complexity index is 724. The average molecular weight is 352 g/mol. The smallest absolute Gasteiger partial charge is 0.306 e. The fourth-order valence-corrected chi connectivity index (χ4v) is 2.51. The third-order valence-electron chi connectivity index (χ3n) is 3.73. The standard InChI is InChI=1S/C15H17FN4O5/c1-2-17-13(21)7-18-15(23)9-5-14(22)19(8-9)10-3-4-11(16)12(6-10)20(24)25/h3-4,6,9H,2,5,7-8H2,1H3,(H,17,21)(H,18,23)/t9-/m1/s1. The van der Waals surface area contributed by atoms with Gasteiger partial charge in [-0.2, -0.15) is 4.39 Å². The first-order valence-corrected chi connectivity index (χ1v) is 7.62. The lowest BCUT2D eigenvalue weighted by molar-refractivity contribution is -0.387. The molecule has 1 saturated heterocycles. The van der Waals surface area contributed by atoms with Gasteiger partial charge in [0.25, 0.3) is 0 Å². The molecule has 134 valence electrons. The van der Waals surface area contributed by atoms with Crippen LogP contribution in [0, 0.1) is 21.8 Å². The lowest BCUT2D eigenvalue weighted by Crippen LogP contribution is -2.40.